The molecule has 23 heteroatoms. The summed E-state index contributed by atoms with van der Waals surface area (Å²) < 4.78 is 48.3. The molecule has 22 atom stereocenters. The van der Waals surface area contributed by atoms with Gasteiger partial charge in [0.25, 0.3) is 0 Å². The average molecular weight is 2070 g/mol. The predicted molar refractivity (Wildman–Crippen MR) is 573 cm³/mol. The lowest BCUT2D eigenvalue weighted by atomic mass is 9.53. The molecule has 4 heterocycles. The van der Waals surface area contributed by atoms with Crippen LogP contribution in [-0.4, -0.2) is 179 Å². The average Bonchev–Trinajstić information content (AvgIpc) is 1.44. The molecular weight excluding hydrogens is 1870 g/mol. The summed E-state index contributed by atoms with van der Waals surface area (Å²) in [5, 5.41) is 30.7. The molecular formula is C125H198O23. The van der Waals surface area contributed by atoms with E-state index in [1.807, 2.05) is 27.7 Å². The Labute approximate surface area is 889 Å². The molecule has 0 bridgehead atoms. The van der Waals surface area contributed by atoms with Crippen molar-refractivity contribution in [3.63, 3.8) is 0 Å². The second kappa shape index (κ2) is 53.7. The molecule has 13 saturated carbocycles. The number of hydrogen-bond donors (Lipinski definition) is 3. The fourth-order valence-corrected chi connectivity index (χ4v) is 32.0. The van der Waals surface area contributed by atoms with Crippen molar-refractivity contribution in [3.8, 4) is 0 Å². The van der Waals surface area contributed by atoms with Gasteiger partial charge in [-0.25, -0.2) is 0 Å². The van der Waals surface area contributed by atoms with Gasteiger partial charge in [-0.1, -0.05) is 133 Å². The highest BCUT2D eigenvalue weighted by Crippen LogP contribution is 2.63. The lowest BCUT2D eigenvalue weighted by molar-refractivity contribution is -0.263. The van der Waals surface area contributed by atoms with Crippen molar-refractivity contribution in [2.45, 2.75) is 545 Å². The van der Waals surface area contributed by atoms with Gasteiger partial charge in [0.2, 0.25) is 0 Å². The molecule has 4 aliphatic heterocycles. The number of ether oxygens (including phenoxy) is 8. The summed E-state index contributed by atoms with van der Waals surface area (Å²) in [6.45, 7) is 40.4. The fourth-order valence-electron chi connectivity index (χ4n) is 32.0. The Bertz CT molecular complexity index is 4600. The lowest BCUT2D eigenvalue weighted by Crippen LogP contribution is -2.57. The van der Waals surface area contributed by atoms with E-state index in [9.17, 15) is 72.9 Å². The van der Waals surface area contributed by atoms with Gasteiger partial charge in [0.1, 0.15) is 52.0 Å². The second-order valence-corrected chi connectivity index (χ2v) is 50.1. The SMILES string of the molecule is CC1C(=O)CCCC1=O.CCC1=C2CCCC(=O)C2(C)CCC1=O.CCC1=C2CCC[C@H](O)[C@@]2(C)CCC1=O.CCC1=C2CCC[C@H](OC3CCCCO3)[C@@]2(C)CCC1=O.CCCC(=O)CCC1(C)C(=O)CCCC1=O.CC[C@@H]1C(=O)CC[C@]2(C)[C@@H](O)CCC[C@@H]12.CC[C@@H]1C(=O)CC[C@]2(C)[C@@H](OC3CCCCO3)CCC[C@@H]12.CC[C@H]1[C@@H]2CCCC(=O)[C@@]2(C)CCC12OCCO2.CC[C@H]1[C@@H]2CCC[C@H](O)[C@@]2(C)CCC12OCCO2. The number of rotatable bonds is 16. The number of hydrogen-bond acceptors (Lipinski definition) is 23. The molecule has 0 aromatic carbocycles. The number of allylic oxidation sites excluding steroid dienone is 4. The summed E-state index contributed by atoms with van der Waals surface area (Å²) in [5.74, 6) is 5.47. The number of fused-ring (bicyclic) bond motifs is 7. The first kappa shape index (κ1) is 121. The van der Waals surface area contributed by atoms with Crippen LogP contribution in [0, 0.1) is 96.6 Å². The molecule has 148 heavy (non-hydrogen) atoms. The van der Waals surface area contributed by atoms with Crippen molar-refractivity contribution in [3.05, 3.63) is 33.4 Å². The number of Topliss-reactive ketones (excluding diaryl/α,β-unsaturated/α-hetero) is 12. The minimum atomic E-state index is -0.873. The molecule has 836 valence electrons. The van der Waals surface area contributed by atoms with E-state index in [0.717, 1.165) is 306 Å². The third-order valence-electron chi connectivity index (χ3n) is 41.9. The Hall–Kier alpha value is -5.18. The van der Waals surface area contributed by atoms with Gasteiger partial charge in [0.05, 0.1) is 68.3 Å². The van der Waals surface area contributed by atoms with Crippen LogP contribution in [0.1, 0.15) is 490 Å². The zero-order chi connectivity index (χ0) is 108. The van der Waals surface area contributed by atoms with E-state index in [2.05, 4.69) is 76.2 Å². The molecule has 2 spiro atoms. The van der Waals surface area contributed by atoms with E-state index in [0.29, 0.717) is 167 Å². The summed E-state index contributed by atoms with van der Waals surface area (Å²) in [5.41, 5.74) is 5.85. The molecule has 23 nitrogen and oxygen atoms in total. The summed E-state index contributed by atoms with van der Waals surface area (Å²) in [6, 6.07) is 0. The van der Waals surface area contributed by atoms with E-state index in [4.69, 9.17) is 37.9 Å². The van der Waals surface area contributed by atoms with E-state index >= 15 is 0 Å². The smallest absolute Gasteiger partial charge is 0.171 e. The lowest BCUT2D eigenvalue weighted by Gasteiger charge is -2.56. The third kappa shape index (κ3) is 26.6. The van der Waals surface area contributed by atoms with Crippen molar-refractivity contribution in [2.75, 3.05) is 39.6 Å². The van der Waals surface area contributed by atoms with E-state index in [1.54, 1.807) is 13.8 Å². The van der Waals surface area contributed by atoms with Crippen LogP contribution in [0.5, 0.6) is 0 Å². The minimum absolute atomic E-state index is 0.00275. The van der Waals surface area contributed by atoms with Crippen LogP contribution >= 0.6 is 0 Å². The molecule has 3 unspecified atom stereocenters. The molecule has 4 saturated heterocycles. The normalized spacial score (nSPS) is 37.8. The van der Waals surface area contributed by atoms with Gasteiger partial charge >= 0.3 is 0 Å². The van der Waals surface area contributed by atoms with E-state index in [-0.39, 0.29) is 145 Å². The van der Waals surface area contributed by atoms with Crippen molar-refractivity contribution in [2.24, 2.45) is 96.6 Å². The second-order valence-electron chi connectivity index (χ2n) is 50.1. The van der Waals surface area contributed by atoms with Crippen molar-refractivity contribution >= 4 is 69.4 Å². The summed E-state index contributed by atoms with van der Waals surface area (Å²) in [7, 11) is 0. The van der Waals surface area contributed by atoms with Crippen molar-refractivity contribution < 1.29 is 111 Å². The zero-order valence-electron chi connectivity index (χ0n) is 95.0. The summed E-state index contributed by atoms with van der Waals surface area (Å²) in [4.78, 5) is 141. The molecule has 20 aliphatic rings. The van der Waals surface area contributed by atoms with Crippen LogP contribution in [0.15, 0.2) is 33.4 Å². The predicted octanol–water partition coefficient (Wildman–Crippen LogP) is 25.3. The molecule has 3 N–H and O–H groups in total. The number of carbonyl (C=O) groups is 12. The third-order valence-corrected chi connectivity index (χ3v) is 41.9. The highest BCUT2D eigenvalue weighted by molar-refractivity contribution is 6.09. The quantitative estimate of drug-likeness (QED) is 0.121. The van der Waals surface area contributed by atoms with Crippen LogP contribution in [0.3, 0.4) is 0 Å². The minimum Gasteiger partial charge on any atom is -0.393 e. The largest absolute Gasteiger partial charge is 0.393 e. The maximum Gasteiger partial charge on any atom is 0.171 e. The van der Waals surface area contributed by atoms with Gasteiger partial charge < -0.3 is 53.2 Å². The summed E-state index contributed by atoms with van der Waals surface area (Å²) >= 11 is 0. The molecule has 0 aromatic rings. The number of ketones is 12. The number of aliphatic hydroxyl groups excluding tert-OH is 3. The van der Waals surface area contributed by atoms with Crippen molar-refractivity contribution in [1.82, 2.24) is 0 Å². The Morgan fingerprint density at radius 1 is 0.324 bits per heavy atom. The summed E-state index contributed by atoms with van der Waals surface area (Å²) in [6.07, 6.45) is 52.5. The Kier molecular flexibility index (Phi) is 44.1. The monoisotopic (exact) mass is 2070 g/mol. The first-order chi connectivity index (χ1) is 70.5. The standard InChI is InChI=1S/C18H30O3.C18H28O3.C15H26O3.C15H24O3.C13H20O3.C13H22O2.C13H20O2.C13H18O2.C7H10O2/c2*1-3-13-14-7-6-8-16(18(14,2)11-10-15(13)19)21-17-9-4-5-12-20-17;2*1-3-11-12-5-4-6-13(16)14(12,2)7-8-15(11)17-9-10-18-15;1-3-5-10(14)8-9-13(2)11(15)6-4-7-12(13)16;3*1-3-9-10-5-4-6-12(15)13(10,2)8-7-11(9)14;1-5-6(8)3-2-4-7(5)9/h13-14,16-17H,3-12H2,1-2H3;16-17H,3-12H2,1-2H3;11-13,16H,3-10H2,1-2H3;11-12H,3-10H2,1-2H3;3-9H2,1-2H3;9-10,12,15H,3-8H2,1-2H3;12,15H,3-8H2,1-2H3;3-8H2,1-2H3;5H,2-4H2,1H3/t13-,14-,16-,17?,18-;16-,17?,18-;11-,12-,13-,14-;11-,12-,14-;;9-,10-,12-,13-;12-,13-;;/m0000.00../s1. The van der Waals surface area contributed by atoms with Crippen LogP contribution in [0.2, 0.25) is 0 Å². The molecule has 20 rings (SSSR count). The van der Waals surface area contributed by atoms with Gasteiger partial charge in [-0.3, -0.25) is 57.5 Å². The molecule has 0 radical (unpaired) electrons. The van der Waals surface area contributed by atoms with Gasteiger partial charge in [0, 0.05) is 155 Å². The highest BCUT2D eigenvalue weighted by Gasteiger charge is 2.63. The van der Waals surface area contributed by atoms with Crippen LogP contribution in [0.4, 0.5) is 0 Å². The van der Waals surface area contributed by atoms with E-state index in [1.165, 1.54) is 43.3 Å². The Balaban J connectivity index is 0.000000149. The maximum atomic E-state index is 12.3. The zero-order valence-corrected chi connectivity index (χ0v) is 95.0. The molecule has 0 aromatic heterocycles. The topological polar surface area (TPSA) is 339 Å². The Morgan fingerprint density at radius 3 is 1.25 bits per heavy atom. The van der Waals surface area contributed by atoms with Gasteiger partial charge in [0.15, 0.2) is 41.5 Å². The van der Waals surface area contributed by atoms with Crippen LogP contribution in [-0.2, 0) is 95.4 Å². The fraction of sp³-hybridized carbons (Fsp3) is 0.856. The first-order valence-corrected chi connectivity index (χ1v) is 60.2. The molecule has 0 amide bonds. The van der Waals surface area contributed by atoms with Gasteiger partial charge in [-0.15, -0.1) is 0 Å². The van der Waals surface area contributed by atoms with Crippen LogP contribution < -0.4 is 0 Å². The molecule has 17 fully saturated rings. The van der Waals surface area contributed by atoms with E-state index < -0.39 is 5.41 Å². The van der Waals surface area contributed by atoms with Crippen molar-refractivity contribution in [1.29, 1.82) is 0 Å². The van der Waals surface area contributed by atoms with Crippen LogP contribution in [0.25, 0.3) is 0 Å². The first-order valence-electron chi connectivity index (χ1n) is 60.2. The molecule has 16 aliphatic carbocycles. The van der Waals surface area contributed by atoms with Gasteiger partial charge in [-0.2, -0.15) is 0 Å². The van der Waals surface area contributed by atoms with Gasteiger partial charge in [-0.05, 0) is 334 Å². The number of carbonyl (C=O) groups excluding carboxylic acids is 12. The highest BCUT2D eigenvalue weighted by atomic mass is 16.7. The maximum absolute atomic E-state index is 12.3. The Morgan fingerprint density at radius 2 is 0.736 bits per heavy atom. The number of aliphatic hydroxyl groups is 3.